The molecule has 13 rings (SSSR count). The van der Waals surface area contributed by atoms with Gasteiger partial charge in [0, 0.05) is 71.8 Å². The van der Waals surface area contributed by atoms with Crippen LogP contribution < -0.4 is 0 Å². The molecule has 366 valence electrons. The topological polar surface area (TPSA) is 77.3 Å². The molecule has 0 spiro atoms. The van der Waals surface area contributed by atoms with Crippen molar-refractivity contribution in [3.05, 3.63) is 289 Å². The van der Waals surface area contributed by atoms with Crippen LogP contribution in [0.3, 0.4) is 0 Å². The van der Waals surface area contributed by atoms with Crippen LogP contribution in [0, 0.1) is 0 Å². The van der Waals surface area contributed by atoms with Crippen LogP contribution >= 0.6 is 0 Å². The minimum absolute atomic E-state index is 0.673. The van der Waals surface area contributed by atoms with E-state index in [0.29, 0.717) is 22.8 Å². The Labute approximate surface area is 452 Å². The van der Waals surface area contributed by atoms with Gasteiger partial charge >= 0.3 is 0 Å². The molecule has 13 aromatic rings. The molecule has 8 aromatic carbocycles. The van der Waals surface area contributed by atoms with Gasteiger partial charge in [-0.1, -0.05) is 170 Å². The quantitative estimate of drug-likeness (QED) is 0.121. The van der Waals surface area contributed by atoms with E-state index in [1.807, 2.05) is 49.6 Å². The van der Waals surface area contributed by atoms with Crippen LogP contribution in [0.4, 0.5) is 0 Å². The Bertz CT molecular complexity index is 3960. The summed E-state index contributed by atoms with van der Waals surface area (Å²) >= 11 is 0. The van der Waals surface area contributed by atoms with E-state index >= 15 is 0 Å². The van der Waals surface area contributed by atoms with Crippen LogP contribution in [-0.4, -0.2) is 29.9 Å². The van der Waals surface area contributed by atoms with Crippen LogP contribution in [0.5, 0.6) is 0 Å². The number of nitrogens with zero attached hydrogens (tertiary/aromatic N) is 6. The van der Waals surface area contributed by atoms with Crippen molar-refractivity contribution in [2.24, 2.45) is 0 Å². The first-order chi connectivity index (χ1) is 38.6. The van der Waals surface area contributed by atoms with E-state index in [2.05, 4.69) is 263 Å². The highest BCUT2D eigenvalue weighted by atomic mass is 14.8. The smallest absolute Gasteiger partial charge is 0.0894 e. The van der Waals surface area contributed by atoms with E-state index in [-0.39, 0.29) is 0 Å². The zero-order chi connectivity index (χ0) is 52.0. The molecule has 0 aliphatic heterocycles. The predicted molar refractivity (Wildman–Crippen MR) is 326 cm³/mol. The molecule has 6 nitrogen and oxygen atoms in total. The van der Waals surface area contributed by atoms with E-state index < -0.39 is 0 Å². The first-order valence-corrected chi connectivity index (χ1v) is 26.0. The number of fused-ring (bicyclic) bond motifs is 4. The van der Waals surface area contributed by atoms with Gasteiger partial charge in [0.25, 0.3) is 0 Å². The molecule has 0 fully saturated rings. The summed E-state index contributed by atoms with van der Waals surface area (Å²) in [7, 11) is 0. The van der Waals surface area contributed by atoms with Crippen molar-refractivity contribution in [2.45, 2.75) is 0 Å². The van der Waals surface area contributed by atoms with Gasteiger partial charge in [0.05, 0.1) is 22.8 Å². The van der Waals surface area contributed by atoms with E-state index in [4.69, 9.17) is 9.97 Å². The van der Waals surface area contributed by atoms with Gasteiger partial charge in [0.15, 0.2) is 0 Å². The van der Waals surface area contributed by atoms with Crippen LogP contribution in [0.25, 0.3) is 136 Å². The summed E-state index contributed by atoms with van der Waals surface area (Å²) in [5.74, 6) is 0. The van der Waals surface area contributed by atoms with Crippen molar-refractivity contribution >= 4 is 91.7 Å². The van der Waals surface area contributed by atoms with Gasteiger partial charge in [-0.15, -0.1) is 0 Å². The second kappa shape index (κ2) is 21.4. The fourth-order valence-corrected chi connectivity index (χ4v) is 10.3. The Balaban J connectivity index is 0.972. The van der Waals surface area contributed by atoms with Crippen LogP contribution in [0.1, 0.15) is 45.0 Å². The van der Waals surface area contributed by atoms with Gasteiger partial charge in [0.1, 0.15) is 0 Å². The van der Waals surface area contributed by atoms with Crippen molar-refractivity contribution in [2.75, 3.05) is 0 Å². The second-order valence-electron chi connectivity index (χ2n) is 19.2. The average molecular weight is 997 g/mol. The third-order valence-corrected chi connectivity index (χ3v) is 14.3. The lowest BCUT2D eigenvalue weighted by atomic mass is 9.97. The molecular formula is C72H48N6. The molecule has 0 aliphatic carbocycles. The molecule has 0 saturated heterocycles. The Hall–Kier alpha value is -10.6. The predicted octanol–water partition coefficient (Wildman–Crippen LogP) is 18.0. The van der Waals surface area contributed by atoms with Crippen molar-refractivity contribution in [3.63, 3.8) is 0 Å². The molecule has 0 N–H and O–H groups in total. The molecule has 0 aliphatic rings. The van der Waals surface area contributed by atoms with Crippen molar-refractivity contribution in [3.8, 4) is 44.5 Å². The fourth-order valence-electron chi connectivity index (χ4n) is 10.3. The highest BCUT2D eigenvalue weighted by molar-refractivity contribution is 5.95. The zero-order valence-electron chi connectivity index (χ0n) is 42.4. The average Bonchev–Trinajstić information content (AvgIpc) is 3.56. The lowest BCUT2D eigenvalue weighted by Gasteiger charge is -2.11. The maximum Gasteiger partial charge on any atom is 0.0894 e. The summed E-state index contributed by atoms with van der Waals surface area (Å²) in [5, 5.41) is 9.45. The Kier molecular flexibility index (Phi) is 12.9. The highest BCUT2D eigenvalue weighted by Crippen LogP contribution is 2.34. The molecule has 0 amide bonds. The molecule has 0 bridgehead atoms. The number of pyridine rings is 4. The number of hydrogen-bond donors (Lipinski definition) is 0. The summed E-state index contributed by atoms with van der Waals surface area (Å²) in [5.41, 5.74) is 15.1. The van der Waals surface area contributed by atoms with Crippen molar-refractivity contribution in [1.82, 2.24) is 29.9 Å². The monoisotopic (exact) mass is 996 g/mol. The van der Waals surface area contributed by atoms with E-state index in [1.54, 1.807) is 0 Å². The summed E-state index contributed by atoms with van der Waals surface area (Å²) in [6.07, 6.45) is 31.6. The van der Waals surface area contributed by atoms with E-state index in [0.717, 1.165) is 66.8 Å². The van der Waals surface area contributed by atoms with Crippen LogP contribution in [0.15, 0.2) is 244 Å². The molecule has 5 heterocycles. The van der Waals surface area contributed by atoms with Crippen molar-refractivity contribution in [1.29, 1.82) is 0 Å². The van der Waals surface area contributed by atoms with Gasteiger partial charge in [-0.2, -0.15) is 0 Å². The zero-order valence-corrected chi connectivity index (χ0v) is 42.4. The van der Waals surface area contributed by atoms with Crippen LogP contribution in [-0.2, 0) is 0 Å². The summed E-state index contributed by atoms with van der Waals surface area (Å²) in [6.45, 7) is 0. The summed E-state index contributed by atoms with van der Waals surface area (Å²) in [6, 6.07) is 68.4. The second-order valence-corrected chi connectivity index (χ2v) is 19.2. The van der Waals surface area contributed by atoms with Gasteiger partial charge in [-0.25, -0.2) is 9.97 Å². The first-order valence-electron chi connectivity index (χ1n) is 26.0. The number of benzene rings is 8. The number of rotatable bonds is 12. The normalized spacial score (nSPS) is 11.9. The lowest BCUT2D eigenvalue weighted by Crippen LogP contribution is -2.00. The standard InChI is InChI=1S/C72H48N6/c1-5-13-53-41-57(21-17-49(53)9-1)65-33-37-73-45-61(65)25-29-69-70(30-26-62-46-74-38-34-66(62)58-22-18-50-10-2-6-14-54(50)42-58)78-72(32-28-64-48-76-40-36-68(64)60-24-20-52-12-4-8-16-56(52)44-60)71(77-69)31-27-63-47-75-39-35-67(63)59-23-19-51-11-3-7-15-55(51)43-59/h1-48H. The number of aromatic nitrogens is 6. The number of hydrogen-bond acceptors (Lipinski definition) is 6. The molecule has 78 heavy (non-hydrogen) atoms. The maximum atomic E-state index is 5.53. The third-order valence-electron chi connectivity index (χ3n) is 14.3. The summed E-state index contributed by atoms with van der Waals surface area (Å²) < 4.78 is 0. The molecular weight excluding hydrogens is 949 g/mol. The van der Waals surface area contributed by atoms with Crippen LogP contribution in [0.2, 0.25) is 0 Å². The highest BCUT2D eigenvalue weighted by Gasteiger charge is 2.14. The molecule has 0 saturated carbocycles. The van der Waals surface area contributed by atoms with Gasteiger partial charge < -0.3 is 0 Å². The minimum atomic E-state index is 0.673. The van der Waals surface area contributed by atoms with Gasteiger partial charge in [0.2, 0.25) is 0 Å². The van der Waals surface area contributed by atoms with E-state index in [9.17, 15) is 0 Å². The summed E-state index contributed by atoms with van der Waals surface area (Å²) in [4.78, 5) is 29.5. The molecule has 0 unspecified atom stereocenters. The SMILES string of the molecule is C(=Cc1nc(C=Cc2cnccc2-c2ccc3ccccc3c2)c(C=Cc2cnccc2-c2ccc3ccccc3c2)nc1C=Cc1cnccc1-c1ccc2ccccc2c1)c1cnccc1-c1ccc2ccccc2c1. The minimum Gasteiger partial charge on any atom is -0.264 e. The Morgan fingerprint density at radius 3 is 0.692 bits per heavy atom. The van der Waals surface area contributed by atoms with Gasteiger partial charge in [-0.3, -0.25) is 19.9 Å². The molecule has 0 radical (unpaired) electrons. The third kappa shape index (κ3) is 9.93. The molecule has 6 heteroatoms. The Morgan fingerprint density at radius 1 is 0.218 bits per heavy atom. The van der Waals surface area contributed by atoms with Crippen molar-refractivity contribution < 1.29 is 0 Å². The largest absolute Gasteiger partial charge is 0.264 e. The maximum absolute atomic E-state index is 5.53. The molecule has 5 aromatic heterocycles. The first kappa shape index (κ1) is 47.2. The van der Waals surface area contributed by atoms with Gasteiger partial charge in [-0.05, 0) is 160 Å². The fraction of sp³-hybridized carbons (Fsp3) is 0. The van der Waals surface area contributed by atoms with E-state index in [1.165, 1.54) is 43.1 Å². The Morgan fingerprint density at radius 2 is 0.449 bits per heavy atom. The molecule has 0 atom stereocenters. The lowest BCUT2D eigenvalue weighted by molar-refractivity contribution is 1.12.